The van der Waals surface area contributed by atoms with E-state index < -0.39 is 10.0 Å². The molecule has 0 fully saturated rings. The van der Waals surface area contributed by atoms with Gasteiger partial charge in [0.1, 0.15) is 0 Å². The Kier molecular flexibility index (Phi) is 3.58. The first-order chi connectivity index (χ1) is 8.62. The van der Waals surface area contributed by atoms with Gasteiger partial charge >= 0.3 is 0 Å². The fraction of sp³-hybridized carbons (Fsp3) is 0.200. The highest BCUT2D eigenvalue weighted by molar-refractivity contribution is 7.89. The maximum atomic E-state index is 11.8. The number of rotatable bonds is 5. The van der Waals surface area contributed by atoms with Crippen molar-refractivity contribution in [1.82, 2.24) is 19.9 Å². The minimum Gasteiger partial charge on any atom is -0.481 e. The van der Waals surface area contributed by atoms with Gasteiger partial charge in [-0.2, -0.15) is 5.10 Å². The van der Waals surface area contributed by atoms with Crippen molar-refractivity contribution in [3.63, 3.8) is 0 Å². The fourth-order valence-corrected chi connectivity index (χ4v) is 2.21. The lowest BCUT2D eigenvalue weighted by atomic mass is 10.3. The molecule has 0 saturated heterocycles. The average Bonchev–Trinajstić information content (AvgIpc) is 2.92. The van der Waals surface area contributed by atoms with Gasteiger partial charge in [-0.3, -0.25) is 5.10 Å². The van der Waals surface area contributed by atoms with Crippen molar-refractivity contribution in [2.45, 2.75) is 11.6 Å². The molecule has 0 aliphatic rings. The molecule has 2 N–H and O–H groups in total. The summed E-state index contributed by atoms with van der Waals surface area (Å²) in [6.07, 6.45) is 2.93. The number of aromatic nitrogens is 3. The van der Waals surface area contributed by atoms with E-state index >= 15 is 0 Å². The van der Waals surface area contributed by atoms with Crippen LogP contribution in [-0.4, -0.2) is 30.7 Å². The highest BCUT2D eigenvalue weighted by Crippen LogP contribution is 2.08. The Morgan fingerprint density at radius 2 is 2.22 bits per heavy atom. The molecule has 0 aliphatic heterocycles. The highest BCUT2D eigenvalue weighted by Gasteiger charge is 2.14. The Hall–Kier alpha value is -1.93. The van der Waals surface area contributed by atoms with Gasteiger partial charge in [0.15, 0.2) is 5.03 Å². The first-order valence-electron chi connectivity index (χ1n) is 5.10. The monoisotopic (exact) mass is 268 g/mol. The van der Waals surface area contributed by atoms with E-state index in [0.717, 1.165) is 5.56 Å². The SMILES string of the molecule is COc1ccc(CNS(=O)(=O)c2ccn[nH]2)cn1. The molecule has 0 aromatic carbocycles. The minimum atomic E-state index is -3.56. The molecule has 96 valence electrons. The maximum absolute atomic E-state index is 11.8. The molecule has 7 nitrogen and oxygen atoms in total. The normalized spacial score (nSPS) is 11.4. The summed E-state index contributed by atoms with van der Waals surface area (Å²) in [5, 5.41) is 6.02. The molecule has 0 spiro atoms. The van der Waals surface area contributed by atoms with E-state index in [1.54, 1.807) is 18.3 Å². The van der Waals surface area contributed by atoms with Gasteiger partial charge in [-0.15, -0.1) is 0 Å². The lowest BCUT2D eigenvalue weighted by molar-refractivity contribution is 0.397. The van der Waals surface area contributed by atoms with Gasteiger partial charge in [-0.05, 0) is 11.6 Å². The van der Waals surface area contributed by atoms with Gasteiger partial charge in [0.25, 0.3) is 10.0 Å². The molecular formula is C10H12N4O3S. The number of aromatic amines is 1. The standard InChI is InChI=1S/C10H12N4O3S/c1-17-9-3-2-8(6-11-9)7-13-18(15,16)10-4-5-12-14-10/h2-6,13H,7H2,1H3,(H,12,14). The minimum absolute atomic E-state index is 0.0315. The summed E-state index contributed by atoms with van der Waals surface area (Å²) in [7, 11) is -2.04. The van der Waals surface area contributed by atoms with E-state index in [2.05, 4.69) is 19.9 Å². The quantitative estimate of drug-likeness (QED) is 0.812. The fourth-order valence-electron chi connectivity index (χ4n) is 1.29. The Morgan fingerprint density at radius 3 is 2.78 bits per heavy atom. The van der Waals surface area contributed by atoms with Crippen LogP contribution < -0.4 is 9.46 Å². The number of hydrogen-bond acceptors (Lipinski definition) is 5. The lowest BCUT2D eigenvalue weighted by Gasteiger charge is -2.05. The molecule has 18 heavy (non-hydrogen) atoms. The molecule has 2 rings (SSSR count). The van der Waals surface area contributed by atoms with Crippen LogP contribution in [0.3, 0.4) is 0 Å². The van der Waals surface area contributed by atoms with Crippen molar-refractivity contribution in [2.24, 2.45) is 0 Å². The van der Waals surface area contributed by atoms with Gasteiger partial charge in [0.2, 0.25) is 5.88 Å². The Labute approximate surface area is 104 Å². The van der Waals surface area contributed by atoms with Gasteiger partial charge < -0.3 is 4.74 Å². The Balaban J connectivity index is 2.03. The molecule has 2 heterocycles. The molecule has 0 unspecified atom stereocenters. The summed E-state index contributed by atoms with van der Waals surface area (Å²) >= 11 is 0. The van der Waals surface area contributed by atoms with E-state index in [1.807, 2.05) is 0 Å². The number of nitrogens with zero attached hydrogens (tertiary/aromatic N) is 2. The van der Waals surface area contributed by atoms with E-state index in [0.29, 0.717) is 5.88 Å². The molecule has 2 aromatic heterocycles. The van der Waals surface area contributed by atoms with E-state index in [9.17, 15) is 8.42 Å². The average molecular weight is 268 g/mol. The van der Waals surface area contributed by atoms with E-state index in [1.165, 1.54) is 19.4 Å². The summed E-state index contributed by atoms with van der Waals surface area (Å²) < 4.78 is 30.9. The van der Waals surface area contributed by atoms with Gasteiger partial charge in [-0.25, -0.2) is 18.1 Å². The summed E-state index contributed by atoms with van der Waals surface area (Å²) in [5.41, 5.74) is 0.735. The smallest absolute Gasteiger partial charge is 0.257 e. The van der Waals surface area contributed by atoms with E-state index in [-0.39, 0.29) is 11.6 Å². The molecule has 0 aliphatic carbocycles. The van der Waals surface area contributed by atoms with Crippen molar-refractivity contribution in [3.8, 4) is 5.88 Å². The topological polar surface area (TPSA) is 97.0 Å². The number of methoxy groups -OCH3 is 1. The largest absolute Gasteiger partial charge is 0.481 e. The van der Waals surface area contributed by atoms with Crippen molar-refractivity contribution in [1.29, 1.82) is 0 Å². The zero-order valence-electron chi connectivity index (χ0n) is 9.62. The van der Waals surface area contributed by atoms with Crippen LogP contribution in [0.15, 0.2) is 35.6 Å². The second-order valence-electron chi connectivity index (χ2n) is 3.45. The molecule has 0 bridgehead atoms. The van der Waals surface area contributed by atoms with Crippen LogP contribution in [0.2, 0.25) is 0 Å². The van der Waals surface area contributed by atoms with E-state index in [4.69, 9.17) is 4.74 Å². The van der Waals surface area contributed by atoms with Gasteiger partial charge in [0, 0.05) is 18.8 Å². The van der Waals surface area contributed by atoms with Crippen molar-refractivity contribution in [2.75, 3.05) is 7.11 Å². The third-order valence-electron chi connectivity index (χ3n) is 2.24. The van der Waals surface area contributed by atoms with Crippen LogP contribution >= 0.6 is 0 Å². The van der Waals surface area contributed by atoms with Crippen LogP contribution in [0.1, 0.15) is 5.56 Å². The molecular weight excluding hydrogens is 256 g/mol. The van der Waals surface area contributed by atoms with Crippen molar-refractivity contribution < 1.29 is 13.2 Å². The van der Waals surface area contributed by atoms with Crippen molar-refractivity contribution in [3.05, 3.63) is 36.2 Å². The zero-order valence-corrected chi connectivity index (χ0v) is 10.4. The van der Waals surface area contributed by atoms with Crippen LogP contribution in [0.4, 0.5) is 0 Å². The van der Waals surface area contributed by atoms with Crippen LogP contribution in [0.5, 0.6) is 5.88 Å². The Bertz CT molecular complexity index is 593. The molecule has 8 heteroatoms. The predicted molar refractivity (Wildman–Crippen MR) is 63.4 cm³/mol. The maximum Gasteiger partial charge on any atom is 0.257 e. The summed E-state index contributed by atoms with van der Waals surface area (Å²) in [4.78, 5) is 3.98. The number of hydrogen-bond donors (Lipinski definition) is 2. The summed E-state index contributed by atoms with van der Waals surface area (Å²) in [5.74, 6) is 0.482. The van der Waals surface area contributed by atoms with Crippen molar-refractivity contribution >= 4 is 10.0 Å². The molecule has 0 radical (unpaired) electrons. The zero-order chi connectivity index (χ0) is 13.0. The predicted octanol–water partition coefficient (Wildman–Crippen LogP) is 0.292. The van der Waals surface area contributed by atoms with Crippen LogP contribution in [0, 0.1) is 0 Å². The third kappa shape index (κ3) is 2.84. The number of H-pyrrole nitrogens is 1. The van der Waals surface area contributed by atoms with Gasteiger partial charge in [0.05, 0.1) is 13.3 Å². The second kappa shape index (κ2) is 5.15. The molecule has 0 atom stereocenters. The lowest BCUT2D eigenvalue weighted by Crippen LogP contribution is -2.23. The third-order valence-corrected chi connectivity index (χ3v) is 3.57. The first-order valence-corrected chi connectivity index (χ1v) is 6.58. The van der Waals surface area contributed by atoms with Gasteiger partial charge in [-0.1, -0.05) is 6.07 Å². The van der Waals surface area contributed by atoms with Crippen LogP contribution in [-0.2, 0) is 16.6 Å². The summed E-state index contributed by atoms with van der Waals surface area (Å²) in [6, 6.07) is 4.79. The number of ether oxygens (including phenoxy) is 1. The van der Waals surface area contributed by atoms with Crippen LogP contribution in [0.25, 0.3) is 0 Å². The second-order valence-corrected chi connectivity index (χ2v) is 5.19. The molecule has 0 amide bonds. The molecule has 2 aromatic rings. The Morgan fingerprint density at radius 1 is 1.39 bits per heavy atom. The number of nitrogens with one attached hydrogen (secondary N) is 2. The number of sulfonamides is 1. The molecule has 0 saturated carbocycles. The first kappa shape index (κ1) is 12.5. The summed E-state index contributed by atoms with van der Waals surface area (Å²) in [6.45, 7) is 0.151. The highest BCUT2D eigenvalue weighted by atomic mass is 32.2. The number of pyridine rings is 1.